The van der Waals surface area contributed by atoms with E-state index in [1.165, 1.54) is 24.3 Å². The summed E-state index contributed by atoms with van der Waals surface area (Å²) in [6.07, 6.45) is 0. The number of carbonyl (C=O) groups excluding carboxylic acids is 2. The maximum atomic E-state index is 13.1. The third kappa shape index (κ3) is 4.43. The topological polar surface area (TPSA) is 68.3 Å². The Morgan fingerprint density at radius 3 is 2.47 bits per heavy atom. The van der Waals surface area contributed by atoms with E-state index in [-0.39, 0.29) is 28.9 Å². The van der Waals surface area contributed by atoms with E-state index in [4.69, 9.17) is 25.8 Å². The minimum Gasteiger partial charge on any atom is -0.486 e. The number of esters is 1. The lowest BCUT2D eigenvalue weighted by atomic mass is 10.2. The molecular weight excluding hydrogens is 415 g/mol. The van der Waals surface area contributed by atoms with Crippen LogP contribution in [0.15, 0.2) is 36.4 Å². The maximum absolute atomic E-state index is 13.1. The van der Waals surface area contributed by atoms with Crippen molar-refractivity contribution in [1.29, 1.82) is 0 Å². The zero-order valence-corrected chi connectivity index (χ0v) is 16.9. The first-order chi connectivity index (χ1) is 14.5. The van der Waals surface area contributed by atoms with Gasteiger partial charge in [-0.2, -0.15) is 0 Å². The van der Waals surface area contributed by atoms with Gasteiger partial charge in [0.05, 0.1) is 10.6 Å². The van der Waals surface area contributed by atoms with Crippen molar-refractivity contribution in [3.63, 3.8) is 0 Å². The fourth-order valence-electron chi connectivity index (χ4n) is 3.40. The lowest BCUT2D eigenvalue weighted by Crippen LogP contribution is -2.49. The number of halogens is 2. The highest BCUT2D eigenvalue weighted by atomic mass is 35.5. The summed E-state index contributed by atoms with van der Waals surface area (Å²) in [6, 6.07) is 9.19. The van der Waals surface area contributed by atoms with E-state index in [1.807, 2.05) is 0 Å². The maximum Gasteiger partial charge on any atom is 0.338 e. The first kappa shape index (κ1) is 20.3. The molecule has 2 aliphatic heterocycles. The molecule has 0 unspecified atom stereocenters. The Bertz CT molecular complexity index is 945. The number of carbonyl (C=O) groups is 2. The van der Waals surface area contributed by atoms with E-state index in [9.17, 15) is 14.0 Å². The van der Waals surface area contributed by atoms with Crippen LogP contribution in [0.4, 0.5) is 10.1 Å². The van der Waals surface area contributed by atoms with Crippen LogP contribution in [0.2, 0.25) is 5.02 Å². The molecule has 1 fully saturated rings. The number of ether oxygens (including phenoxy) is 3. The van der Waals surface area contributed by atoms with Crippen LogP contribution in [0, 0.1) is 5.82 Å². The second kappa shape index (κ2) is 8.79. The molecule has 0 bridgehead atoms. The summed E-state index contributed by atoms with van der Waals surface area (Å²) >= 11 is 6.14. The third-order valence-corrected chi connectivity index (χ3v) is 5.26. The highest BCUT2D eigenvalue weighted by Gasteiger charge is 2.24. The second-order valence-electron chi connectivity index (χ2n) is 6.90. The minimum atomic E-state index is -0.660. The smallest absolute Gasteiger partial charge is 0.338 e. The SMILES string of the molecule is O=C(OCC(=O)N1CCN(c2ccc(F)cc2)CC1)c1cc(Cl)c2c(c1)OCCO2. The number of amides is 1. The number of hydrogen-bond donors (Lipinski definition) is 0. The lowest BCUT2D eigenvalue weighted by Gasteiger charge is -2.36. The van der Waals surface area contributed by atoms with Gasteiger partial charge in [0.15, 0.2) is 18.1 Å². The Hall–Kier alpha value is -3.00. The van der Waals surface area contributed by atoms with Crippen LogP contribution in [0.25, 0.3) is 0 Å². The third-order valence-electron chi connectivity index (χ3n) is 4.98. The number of fused-ring (bicyclic) bond motifs is 1. The quantitative estimate of drug-likeness (QED) is 0.689. The largest absolute Gasteiger partial charge is 0.486 e. The van der Waals surface area contributed by atoms with E-state index < -0.39 is 5.97 Å². The van der Waals surface area contributed by atoms with Crippen molar-refractivity contribution in [2.45, 2.75) is 0 Å². The molecule has 1 amide bonds. The summed E-state index contributed by atoms with van der Waals surface area (Å²) in [4.78, 5) is 28.5. The standard InChI is InChI=1S/C21H20ClFN2O5/c22-17-11-14(12-18-20(17)29-10-9-28-18)21(27)30-13-19(26)25-7-5-24(6-8-25)16-3-1-15(23)2-4-16/h1-4,11-12H,5-10,13H2. The summed E-state index contributed by atoms with van der Waals surface area (Å²) < 4.78 is 29.1. The Labute approximate surface area is 177 Å². The minimum absolute atomic E-state index is 0.193. The van der Waals surface area contributed by atoms with Gasteiger partial charge in [0, 0.05) is 31.9 Å². The molecule has 7 nitrogen and oxygen atoms in total. The molecule has 0 N–H and O–H groups in total. The van der Waals surface area contributed by atoms with Crippen LogP contribution in [0.1, 0.15) is 10.4 Å². The lowest BCUT2D eigenvalue weighted by molar-refractivity contribution is -0.134. The zero-order chi connectivity index (χ0) is 21.1. The van der Waals surface area contributed by atoms with Gasteiger partial charge < -0.3 is 24.0 Å². The van der Waals surface area contributed by atoms with Gasteiger partial charge in [0.1, 0.15) is 19.0 Å². The van der Waals surface area contributed by atoms with Crippen molar-refractivity contribution >= 4 is 29.2 Å². The Morgan fingerprint density at radius 1 is 1.03 bits per heavy atom. The van der Waals surface area contributed by atoms with E-state index in [0.717, 1.165) is 5.69 Å². The van der Waals surface area contributed by atoms with Crippen LogP contribution in [-0.4, -0.2) is 62.8 Å². The van der Waals surface area contributed by atoms with Crippen LogP contribution >= 0.6 is 11.6 Å². The zero-order valence-electron chi connectivity index (χ0n) is 16.1. The summed E-state index contributed by atoms with van der Waals surface area (Å²) in [5.74, 6) is -0.440. The molecule has 4 rings (SSSR count). The molecule has 0 saturated carbocycles. The van der Waals surface area contributed by atoms with Crippen molar-refractivity contribution in [1.82, 2.24) is 4.90 Å². The van der Waals surface area contributed by atoms with Gasteiger partial charge in [-0.1, -0.05) is 11.6 Å². The molecule has 0 atom stereocenters. The fourth-order valence-corrected chi connectivity index (χ4v) is 3.66. The number of nitrogens with zero attached hydrogens (tertiary/aromatic N) is 2. The van der Waals surface area contributed by atoms with Crippen molar-refractivity contribution in [3.8, 4) is 11.5 Å². The molecule has 1 saturated heterocycles. The Balaban J connectivity index is 1.29. The van der Waals surface area contributed by atoms with Gasteiger partial charge in [-0.3, -0.25) is 4.79 Å². The molecular formula is C21H20ClFN2O5. The molecule has 2 aromatic rings. The number of anilines is 1. The van der Waals surface area contributed by atoms with Crippen molar-refractivity contribution in [3.05, 3.63) is 52.8 Å². The van der Waals surface area contributed by atoms with Gasteiger partial charge >= 0.3 is 5.97 Å². The molecule has 0 aromatic heterocycles. The molecule has 158 valence electrons. The van der Waals surface area contributed by atoms with Gasteiger partial charge in [-0.15, -0.1) is 0 Å². The fraction of sp³-hybridized carbons (Fsp3) is 0.333. The molecule has 0 aliphatic carbocycles. The van der Waals surface area contributed by atoms with Crippen molar-refractivity contribution in [2.24, 2.45) is 0 Å². The van der Waals surface area contributed by atoms with Crippen molar-refractivity contribution in [2.75, 3.05) is 50.9 Å². The summed E-state index contributed by atoms with van der Waals surface area (Å²) in [5.41, 5.74) is 1.10. The Kier molecular flexibility index (Phi) is 5.94. The van der Waals surface area contributed by atoms with Gasteiger partial charge in [-0.25, -0.2) is 9.18 Å². The molecule has 2 heterocycles. The van der Waals surface area contributed by atoms with Gasteiger partial charge in [0.2, 0.25) is 0 Å². The normalized spacial score (nSPS) is 15.7. The van der Waals surface area contributed by atoms with Gasteiger partial charge in [-0.05, 0) is 36.4 Å². The van der Waals surface area contributed by atoms with Gasteiger partial charge in [0.25, 0.3) is 5.91 Å². The average molecular weight is 435 g/mol. The molecule has 0 spiro atoms. The van der Waals surface area contributed by atoms with Crippen LogP contribution in [0.5, 0.6) is 11.5 Å². The Morgan fingerprint density at radius 2 is 1.73 bits per heavy atom. The highest BCUT2D eigenvalue weighted by molar-refractivity contribution is 6.32. The predicted octanol–water partition coefficient (Wildman–Crippen LogP) is 2.76. The molecule has 30 heavy (non-hydrogen) atoms. The summed E-state index contributed by atoms with van der Waals surface area (Å²) in [6.45, 7) is 2.60. The van der Waals surface area contributed by atoms with Crippen LogP contribution in [-0.2, 0) is 9.53 Å². The number of piperazine rings is 1. The summed E-state index contributed by atoms with van der Waals surface area (Å²) in [5, 5.41) is 0.252. The first-order valence-corrected chi connectivity index (χ1v) is 9.93. The molecule has 2 aromatic carbocycles. The van der Waals surface area contributed by atoms with E-state index >= 15 is 0 Å². The number of hydrogen-bond acceptors (Lipinski definition) is 6. The molecule has 2 aliphatic rings. The van der Waals surface area contributed by atoms with E-state index in [0.29, 0.717) is 50.9 Å². The van der Waals surface area contributed by atoms with Crippen molar-refractivity contribution < 1.29 is 28.2 Å². The number of benzene rings is 2. The molecule has 0 radical (unpaired) electrons. The highest BCUT2D eigenvalue weighted by Crippen LogP contribution is 2.38. The first-order valence-electron chi connectivity index (χ1n) is 9.56. The average Bonchev–Trinajstić information content (AvgIpc) is 2.78. The summed E-state index contributed by atoms with van der Waals surface area (Å²) in [7, 11) is 0. The van der Waals surface area contributed by atoms with E-state index in [2.05, 4.69) is 4.90 Å². The second-order valence-corrected chi connectivity index (χ2v) is 7.31. The number of rotatable bonds is 4. The van der Waals surface area contributed by atoms with Crippen LogP contribution < -0.4 is 14.4 Å². The predicted molar refractivity (Wildman–Crippen MR) is 108 cm³/mol. The monoisotopic (exact) mass is 434 g/mol. The van der Waals surface area contributed by atoms with Crippen LogP contribution in [0.3, 0.4) is 0 Å². The molecule has 9 heteroatoms. The van der Waals surface area contributed by atoms with E-state index in [1.54, 1.807) is 17.0 Å².